The van der Waals surface area contributed by atoms with Crippen molar-refractivity contribution in [3.05, 3.63) is 35.4 Å². The van der Waals surface area contributed by atoms with Crippen LogP contribution in [0.25, 0.3) is 0 Å². The van der Waals surface area contributed by atoms with E-state index in [1.165, 1.54) is 43.9 Å². The van der Waals surface area contributed by atoms with E-state index >= 15 is 0 Å². The maximum atomic E-state index is 13.5. The van der Waals surface area contributed by atoms with Gasteiger partial charge >= 0.3 is 0 Å². The van der Waals surface area contributed by atoms with Gasteiger partial charge in [-0.3, -0.25) is 4.79 Å². The SMILES string of the molecule is O=C(Cc1c(F)cccc1F)CC1CCCCCC1. The second-order valence-corrected chi connectivity index (χ2v) is 5.48. The molecule has 3 heteroatoms. The molecule has 2 rings (SSSR count). The van der Waals surface area contributed by atoms with Crippen molar-refractivity contribution in [1.82, 2.24) is 0 Å². The molecule has 0 bridgehead atoms. The summed E-state index contributed by atoms with van der Waals surface area (Å²) in [6.07, 6.45) is 7.33. The molecule has 104 valence electrons. The summed E-state index contributed by atoms with van der Waals surface area (Å²) in [5.74, 6) is -0.871. The van der Waals surface area contributed by atoms with Crippen molar-refractivity contribution >= 4 is 5.78 Å². The summed E-state index contributed by atoms with van der Waals surface area (Å²) >= 11 is 0. The average molecular weight is 266 g/mol. The Morgan fingerprint density at radius 1 is 1.05 bits per heavy atom. The Morgan fingerprint density at radius 2 is 1.63 bits per heavy atom. The molecule has 0 aliphatic heterocycles. The van der Waals surface area contributed by atoms with Crippen LogP contribution in [-0.2, 0) is 11.2 Å². The number of benzene rings is 1. The van der Waals surface area contributed by atoms with Crippen molar-refractivity contribution in [2.45, 2.75) is 51.4 Å². The molecule has 0 atom stereocenters. The van der Waals surface area contributed by atoms with Gasteiger partial charge in [0.05, 0.1) is 0 Å². The van der Waals surface area contributed by atoms with Gasteiger partial charge in [-0.2, -0.15) is 0 Å². The molecule has 0 heterocycles. The molecule has 0 saturated heterocycles. The summed E-state index contributed by atoms with van der Waals surface area (Å²) in [6.45, 7) is 0. The molecule has 1 nitrogen and oxygen atoms in total. The van der Waals surface area contributed by atoms with Crippen molar-refractivity contribution < 1.29 is 13.6 Å². The van der Waals surface area contributed by atoms with Gasteiger partial charge in [0.1, 0.15) is 17.4 Å². The van der Waals surface area contributed by atoms with Gasteiger partial charge in [-0.15, -0.1) is 0 Å². The number of hydrogen-bond donors (Lipinski definition) is 0. The molecule has 1 aromatic carbocycles. The van der Waals surface area contributed by atoms with Gasteiger partial charge in [-0.05, 0) is 18.1 Å². The van der Waals surface area contributed by atoms with Crippen LogP contribution in [0.5, 0.6) is 0 Å². The molecule has 0 spiro atoms. The Morgan fingerprint density at radius 3 is 2.21 bits per heavy atom. The maximum Gasteiger partial charge on any atom is 0.137 e. The van der Waals surface area contributed by atoms with Crippen LogP contribution in [0.1, 0.15) is 50.5 Å². The summed E-state index contributed by atoms with van der Waals surface area (Å²) in [5, 5.41) is 0. The van der Waals surface area contributed by atoms with Gasteiger partial charge in [0.25, 0.3) is 0 Å². The zero-order valence-electron chi connectivity index (χ0n) is 11.1. The van der Waals surface area contributed by atoms with E-state index < -0.39 is 11.6 Å². The van der Waals surface area contributed by atoms with Gasteiger partial charge in [0.15, 0.2) is 0 Å². The highest BCUT2D eigenvalue weighted by atomic mass is 19.1. The summed E-state index contributed by atoms with van der Waals surface area (Å²) in [6, 6.07) is 3.73. The molecule has 19 heavy (non-hydrogen) atoms. The maximum absolute atomic E-state index is 13.5. The highest BCUT2D eigenvalue weighted by Crippen LogP contribution is 2.26. The highest BCUT2D eigenvalue weighted by molar-refractivity contribution is 5.81. The van der Waals surface area contributed by atoms with E-state index in [0.29, 0.717) is 12.3 Å². The predicted octanol–water partition coefficient (Wildman–Crippen LogP) is 4.44. The highest BCUT2D eigenvalue weighted by Gasteiger charge is 2.18. The normalized spacial score (nSPS) is 17.2. The Kier molecular flexibility index (Phi) is 5.06. The summed E-state index contributed by atoms with van der Waals surface area (Å²) < 4.78 is 26.9. The first-order valence-corrected chi connectivity index (χ1v) is 7.11. The van der Waals surface area contributed by atoms with Crippen molar-refractivity contribution in [1.29, 1.82) is 0 Å². The molecular formula is C16H20F2O. The minimum Gasteiger partial charge on any atom is -0.299 e. The minimum atomic E-state index is -0.616. The van der Waals surface area contributed by atoms with E-state index in [1.54, 1.807) is 0 Å². The topological polar surface area (TPSA) is 17.1 Å². The standard InChI is InChI=1S/C16H20F2O/c17-15-8-5-9-16(18)14(15)11-13(19)10-12-6-3-1-2-4-7-12/h5,8-9,12H,1-4,6-7,10-11H2. The molecule has 1 aromatic rings. The summed E-state index contributed by atoms with van der Waals surface area (Å²) in [7, 11) is 0. The smallest absolute Gasteiger partial charge is 0.137 e. The quantitative estimate of drug-likeness (QED) is 0.736. The first kappa shape index (κ1) is 14.2. The van der Waals surface area contributed by atoms with E-state index in [-0.39, 0.29) is 17.8 Å². The van der Waals surface area contributed by atoms with Crippen LogP contribution in [0.15, 0.2) is 18.2 Å². The van der Waals surface area contributed by atoms with Crippen LogP contribution in [0.3, 0.4) is 0 Å². The number of carbonyl (C=O) groups is 1. The largest absolute Gasteiger partial charge is 0.299 e. The van der Waals surface area contributed by atoms with E-state index in [9.17, 15) is 13.6 Å². The first-order chi connectivity index (χ1) is 9.16. The number of hydrogen-bond acceptors (Lipinski definition) is 1. The van der Waals surface area contributed by atoms with Crippen molar-refractivity contribution in [2.75, 3.05) is 0 Å². The van der Waals surface area contributed by atoms with Gasteiger partial charge < -0.3 is 0 Å². The second kappa shape index (κ2) is 6.78. The fraction of sp³-hybridized carbons (Fsp3) is 0.562. The summed E-state index contributed by atoms with van der Waals surface area (Å²) in [5.41, 5.74) is -0.0823. The van der Waals surface area contributed by atoms with Crippen LogP contribution in [0.2, 0.25) is 0 Å². The molecule has 1 aliphatic rings. The molecule has 0 amide bonds. The minimum absolute atomic E-state index is 0.0455. The van der Waals surface area contributed by atoms with E-state index in [0.717, 1.165) is 12.8 Å². The predicted molar refractivity (Wildman–Crippen MR) is 70.9 cm³/mol. The monoisotopic (exact) mass is 266 g/mol. The fourth-order valence-corrected chi connectivity index (χ4v) is 2.86. The van der Waals surface area contributed by atoms with Gasteiger partial charge in [-0.1, -0.05) is 44.6 Å². The number of ketones is 1. The molecule has 0 radical (unpaired) electrons. The van der Waals surface area contributed by atoms with E-state index in [4.69, 9.17) is 0 Å². The van der Waals surface area contributed by atoms with Crippen LogP contribution < -0.4 is 0 Å². The zero-order chi connectivity index (χ0) is 13.7. The number of rotatable bonds is 4. The lowest BCUT2D eigenvalue weighted by atomic mass is 9.92. The molecule has 0 aromatic heterocycles. The lowest BCUT2D eigenvalue weighted by molar-refractivity contribution is -0.119. The average Bonchev–Trinajstić information content (AvgIpc) is 2.63. The lowest BCUT2D eigenvalue weighted by Gasteiger charge is -2.13. The van der Waals surface area contributed by atoms with Crippen molar-refractivity contribution in [3.8, 4) is 0 Å². The van der Waals surface area contributed by atoms with E-state index in [2.05, 4.69) is 0 Å². The Hall–Kier alpha value is -1.25. The van der Waals surface area contributed by atoms with Gasteiger partial charge in [0.2, 0.25) is 0 Å². The van der Waals surface area contributed by atoms with Crippen LogP contribution in [0, 0.1) is 17.6 Å². The molecular weight excluding hydrogens is 246 g/mol. The molecule has 1 saturated carbocycles. The Labute approximate surface area is 113 Å². The Balaban J connectivity index is 1.93. The number of Topliss-reactive ketones (excluding diaryl/α,β-unsaturated/α-hetero) is 1. The number of halogens is 2. The van der Waals surface area contributed by atoms with E-state index in [1.807, 2.05) is 0 Å². The lowest BCUT2D eigenvalue weighted by Crippen LogP contribution is -2.12. The van der Waals surface area contributed by atoms with Crippen LogP contribution in [-0.4, -0.2) is 5.78 Å². The molecule has 0 unspecified atom stereocenters. The molecule has 1 aliphatic carbocycles. The zero-order valence-corrected chi connectivity index (χ0v) is 11.1. The van der Waals surface area contributed by atoms with Crippen molar-refractivity contribution in [3.63, 3.8) is 0 Å². The third kappa shape index (κ3) is 4.12. The third-order valence-corrected chi connectivity index (χ3v) is 3.93. The Bertz CT molecular complexity index is 414. The third-order valence-electron chi connectivity index (χ3n) is 3.93. The molecule has 1 fully saturated rings. The number of carbonyl (C=O) groups excluding carboxylic acids is 1. The van der Waals surface area contributed by atoms with Gasteiger partial charge in [0, 0.05) is 18.4 Å². The van der Waals surface area contributed by atoms with Crippen LogP contribution >= 0.6 is 0 Å². The fourth-order valence-electron chi connectivity index (χ4n) is 2.86. The molecule has 0 N–H and O–H groups in total. The summed E-state index contributed by atoms with van der Waals surface area (Å²) in [4.78, 5) is 12.0. The van der Waals surface area contributed by atoms with Crippen molar-refractivity contribution in [2.24, 2.45) is 5.92 Å². The van der Waals surface area contributed by atoms with Gasteiger partial charge in [-0.25, -0.2) is 8.78 Å². The second-order valence-electron chi connectivity index (χ2n) is 5.48. The first-order valence-electron chi connectivity index (χ1n) is 7.11. The van der Waals surface area contributed by atoms with Crippen LogP contribution in [0.4, 0.5) is 8.78 Å².